The van der Waals surface area contributed by atoms with Crippen LogP contribution in [0.1, 0.15) is 35.3 Å². The van der Waals surface area contributed by atoms with Crippen LogP contribution < -0.4 is 5.32 Å². The van der Waals surface area contributed by atoms with Crippen LogP contribution in [0.4, 0.5) is 13.2 Å². The fraction of sp³-hybridized carbons (Fsp3) is 0.381. The Morgan fingerprint density at radius 3 is 2.37 bits per heavy atom. The van der Waals surface area contributed by atoms with Crippen LogP contribution in [0.25, 0.3) is 11.4 Å². The van der Waals surface area contributed by atoms with Gasteiger partial charge < -0.3 is 15.3 Å². The zero-order chi connectivity index (χ0) is 21.9. The first-order valence-corrected chi connectivity index (χ1v) is 9.34. The number of piperazine rings is 1. The van der Waals surface area contributed by atoms with Gasteiger partial charge in [0.2, 0.25) is 0 Å². The molecule has 0 unspecified atom stereocenters. The van der Waals surface area contributed by atoms with E-state index in [0.29, 0.717) is 31.7 Å². The molecule has 0 spiro atoms. The van der Waals surface area contributed by atoms with Crippen LogP contribution in [0.3, 0.4) is 0 Å². The lowest BCUT2D eigenvalue weighted by Crippen LogP contribution is -2.46. The fourth-order valence-corrected chi connectivity index (χ4v) is 2.91. The van der Waals surface area contributed by atoms with Gasteiger partial charge in [0.15, 0.2) is 5.82 Å². The summed E-state index contributed by atoms with van der Waals surface area (Å²) < 4.78 is 41.0. The first kappa shape index (κ1) is 21.7. The molecule has 2 aromatic rings. The van der Waals surface area contributed by atoms with Crippen LogP contribution in [0.2, 0.25) is 0 Å². The lowest BCUT2D eigenvalue weighted by atomic mass is 10.0. The Kier molecular flexibility index (Phi) is 6.10. The molecule has 30 heavy (non-hydrogen) atoms. The summed E-state index contributed by atoms with van der Waals surface area (Å²) >= 11 is 0. The van der Waals surface area contributed by atoms with Crippen molar-refractivity contribution in [3.63, 3.8) is 0 Å². The summed E-state index contributed by atoms with van der Waals surface area (Å²) in [5, 5.41) is 12.7. The largest absolute Gasteiger partial charge is 0.417 e. The lowest BCUT2D eigenvalue weighted by Gasteiger charge is -2.28. The third-order valence-corrected chi connectivity index (χ3v) is 4.38. The molecule has 0 bridgehead atoms. The van der Waals surface area contributed by atoms with Crippen LogP contribution in [0.15, 0.2) is 30.6 Å². The van der Waals surface area contributed by atoms with Gasteiger partial charge in [0.1, 0.15) is 5.60 Å². The molecule has 1 fully saturated rings. The van der Waals surface area contributed by atoms with Crippen LogP contribution in [0, 0.1) is 11.8 Å². The maximum absolute atomic E-state index is 13.7. The molecule has 9 heteroatoms. The monoisotopic (exact) mass is 418 g/mol. The maximum Gasteiger partial charge on any atom is 0.417 e. The van der Waals surface area contributed by atoms with Crippen molar-refractivity contribution in [2.75, 3.05) is 26.2 Å². The van der Waals surface area contributed by atoms with Crippen molar-refractivity contribution in [3.05, 3.63) is 47.3 Å². The summed E-state index contributed by atoms with van der Waals surface area (Å²) in [6, 6.07) is 3.48. The van der Waals surface area contributed by atoms with E-state index in [2.05, 4.69) is 27.1 Å². The quantitative estimate of drug-likeness (QED) is 0.732. The highest BCUT2D eigenvalue weighted by molar-refractivity contribution is 5.96. The number of rotatable bonds is 2. The van der Waals surface area contributed by atoms with E-state index < -0.39 is 23.2 Å². The third-order valence-electron chi connectivity index (χ3n) is 4.38. The van der Waals surface area contributed by atoms with Crippen molar-refractivity contribution in [1.82, 2.24) is 20.2 Å². The second-order valence-corrected chi connectivity index (χ2v) is 7.40. The molecule has 1 aromatic carbocycles. The molecule has 1 aromatic heterocycles. The first-order valence-electron chi connectivity index (χ1n) is 9.34. The van der Waals surface area contributed by atoms with Gasteiger partial charge >= 0.3 is 6.18 Å². The summed E-state index contributed by atoms with van der Waals surface area (Å²) in [6.45, 7) is 4.85. The van der Waals surface area contributed by atoms with E-state index in [4.69, 9.17) is 0 Å². The number of halogens is 3. The standard InChI is InChI=1S/C21H21F3N4O2/c1-20(2,30)6-5-14-12-26-18(27-13-14)15-3-4-16(17(11-15)21(22,23)24)19(29)28-9-7-25-8-10-28/h3-4,11-13,25,30H,7-10H2,1-2H3. The zero-order valence-electron chi connectivity index (χ0n) is 16.5. The molecule has 1 aliphatic heterocycles. The van der Waals surface area contributed by atoms with Crippen molar-refractivity contribution >= 4 is 5.91 Å². The summed E-state index contributed by atoms with van der Waals surface area (Å²) in [5.41, 5.74) is -2.03. The van der Waals surface area contributed by atoms with Gasteiger partial charge in [-0.3, -0.25) is 4.79 Å². The predicted molar refractivity (Wildman–Crippen MR) is 104 cm³/mol. The van der Waals surface area contributed by atoms with E-state index in [1.54, 1.807) is 0 Å². The molecule has 1 aliphatic rings. The van der Waals surface area contributed by atoms with Crippen molar-refractivity contribution in [1.29, 1.82) is 0 Å². The molecule has 0 radical (unpaired) electrons. The normalized spacial score (nSPS) is 14.8. The number of hydrogen-bond acceptors (Lipinski definition) is 5. The van der Waals surface area contributed by atoms with E-state index in [-0.39, 0.29) is 17.0 Å². The van der Waals surface area contributed by atoms with Crippen molar-refractivity contribution in [2.45, 2.75) is 25.6 Å². The molecule has 0 atom stereocenters. The summed E-state index contributed by atoms with van der Waals surface area (Å²) in [7, 11) is 0. The number of benzene rings is 1. The molecule has 158 valence electrons. The number of aliphatic hydroxyl groups is 1. The van der Waals surface area contributed by atoms with Gasteiger partial charge in [-0.15, -0.1) is 0 Å². The Balaban J connectivity index is 1.93. The van der Waals surface area contributed by atoms with Gasteiger partial charge in [-0.05, 0) is 26.0 Å². The highest BCUT2D eigenvalue weighted by Crippen LogP contribution is 2.35. The van der Waals surface area contributed by atoms with Gasteiger partial charge in [-0.25, -0.2) is 9.97 Å². The van der Waals surface area contributed by atoms with E-state index >= 15 is 0 Å². The van der Waals surface area contributed by atoms with Crippen molar-refractivity contribution < 1.29 is 23.1 Å². The molecule has 1 amide bonds. The predicted octanol–water partition coefficient (Wildman–Crippen LogP) is 2.33. The minimum absolute atomic E-state index is 0.0791. The second kappa shape index (κ2) is 8.42. The minimum Gasteiger partial charge on any atom is -0.378 e. The van der Waals surface area contributed by atoms with Gasteiger partial charge in [0, 0.05) is 44.1 Å². The Labute approximate surface area is 172 Å². The topological polar surface area (TPSA) is 78.4 Å². The van der Waals surface area contributed by atoms with Gasteiger partial charge in [0.25, 0.3) is 5.91 Å². The van der Waals surface area contributed by atoms with E-state index in [0.717, 1.165) is 6.07 Å². The van der Waals surface area contributed by atoms with Gasteiger partial charge in [0.05, 0.1) is 16.7 Å². The SMILES string of the molecule is CC(C)(O)C#Cc1cnc(-c2ccc(C(=O)N3CCNCC3)c(C(F)(F)F)c2)nc1. The molecule has 0 aliphatic carbocycles. The van der Waals surface area contributed by atoms with Crippen LogP contribution in [0.5, 0.6) is 0 Å². The van der Waals surface area contributed by atoms with E-state index in [1.807, 2.05) is 0 Å². The Morgan fingerprint density at radius 1 is 1.17 bits per heavy atom. The van der Waals surface area contributed by atoms with E-state index in [1.165, 1.54) is 43.3 Å². The maximum atomic E-state index is 13.7. The molecule has 2 heterocycles. The Hall–Kier alpha value is -2.96. The summed E-state index contributed by atoms with van der Waals surface area (Å²) in [6.07, 6.45) is -1.96. The average molecular weight is 418 g/mol. The zero-order valence-corrected chi connectivity index (χ0v) is 16.5. The van der Waals surface area contributed by atoms with Crippen molar-refractivity contribution in [2.24, 2.45) is 0 Å². The minimum atomic E-state index is -4.70. The second-order valence-electron chi connectivity index (χ2n) is 7.40. The Bertz CT molecular complexity index is 981. The lowest BCUT2D eigenvalue weighted by molar-refractivity contribution is -0.138. The summed E-state index contributed by atoms with van der Waals surface area (Å²) in [5.74, 6) is 4.74. The molecule has 3 rings (SSSR count). The van der Waals surface area contributed by atoms with Gasteiger partial charge in [-0.1, -0.05) is 17.9 Å². The first-order chi connectivity index (χ1) is 14.0. The number of carbonyl (C=O) groups excluding carboxylic acids is 1. The smallest absolute Gasteiger partial charge is 0.378 e. The van der Waals surface area contributed by atoms with Crippen molar-refractivity contribution in [3.8, 4) is 23.2 Å². The number of carbonyl (C=O) groups is 1. The van der Waals surface area contributed by atoms with Crippen LogP contribution in [-0.4, -0.2) is 57.7 Å². The average Bonchev–Trinajstić information content (AvgIpc) is 2.71. The number of hydrogen-bond donors (Lipinski definition) is 2. The number of nitrogens with one attached hydrogen (secondary N) is 1. The molecule has 0 saturated carbocycles. The number of amides is 1. The molecule has 1 saturated heterocycles. The molecule has 6 nitrogen and oxygen atoms in total. The number of aromatic nitrogens is 2. The Morgan fingerprint density at radius 2 is 1.80 bits per heavy atom. The van der Waals surface area contributed by atoms with Gasteiger partial charge in [-0.2, -0.15) is 13.2 Å². The highest BCUT2D eigenvalue weighted by Gasteiger charge is 2.37. The van der Waals surface area contributed by atoms with Crippen LogP contribution in [-0.2, 0) is 6.18 Å². The number of nitrogens with zero attached hydrogens (tertiary/aromatic N) is 3. The number of alkyl halides is 3. The van der Waals surface area contributed by atoms with E-state index in [9.17, 15) is 23.1 Å². The molecular weight excluding hydrogens is 397 g/mol. The molecular formula is C21H21F3N4O2. The molecule has 2 N–H and O–H groups in total. The van der Waals surface area contributed by atoms with Crippen LogP contribution >= 0.6 is 0 Å². The highest BCUT2D eigenvalue weighted by atomic mass is 19.4. The third kappa shape index (κ3) is 5.34. The summed E-state index contributed by atoms with van der Waals surface area (Å²) in [4.78, 5) is 22.2. The fourth-order valence-electron chi connectivity index (χ4n) is 2.91.